The average Bonchev–Trinajstić information content (AvgIpc) is 3.11. The fourth-order valence-electron chi connectivity index (χ4n) is 3.57. The summed E-state index contributed by atoms with van der Waals surface area (Å²) in [6.45, 7) is 0. The number of phenols is 2. The van der Waals surface area contributed by atoms with Gasteiger partial charge in [-0.3, -0.25) is 4.40 Å². The van der Waals surface area contributed by atoms with Crippen molar-refractivity contribution in [3.63, 3.8) is 0 Å². The maximum atomic E-state index is 11.0. The molecule has 0 aliphatic rings. The maximum Gasteiger partial charge on any atom is 0.219 e. The van der Waals surface area contributed by atoms with Crippen molar-refractivity contribution >= 4 is 5.65 Å². The summed E-state index contributed by atoms with van der Waals surface area (Å²) in [5.74, 6) is 0.412. The number of hydrogen-bond acceptors (Lipinski definition) is 5. The summed E-state index contributed by atoms with van der Waals surface area (Å²) < 4.78 is 1.65. The van der Waals surface area contributed by atoms with Crippen LogP contribution in [0, 0.1) is 0 Å². The fourth-order valence-corrected chi connectivity index (χ4v) is 3.57. The Labute approximate surface area is 178 Å². The molecular weight excluding hydrogens is 390 g/mol. The van der Waals surface area contributed by atoms with E-state index in [9.17, 15) is 15.3 Å². The summed E-state index contributed by atoms with van der Waals surface area (Å²) in [6, 6.07) is 23.3. The standard InChI is InChI=1S/C25H19N3O3/c29-19-10-6-16(7-11-19)14-21-25(31)28-15-22(17-8-12-20(30)13-9-17)26-23(24(28)27-21)18-4-2-1-3-5-18/h1-13,15,29-31H,14H2. The molecule has 5 rings (SSSR count). The Morgan fingerprint density at radius 1 is 0.677 bits per heavy atom. The zero-order valence-corrected chi connectivity index (χ0v) is 16.5. The van der Waals surface area contributed by atoms with Gasteiger partial charge in [0.15, 0.2) is 5.65 Å². The Balaban J connectivity index is 1.70. The lowest BCUT2D eigenvalue weighted by molar-refractivity contribution is 0.442. The van der Waals surface area contributed by atoms with E-state index in [1.54, 1.807) is 59.1 Å². The van der Waals surface area contributed by atoms with Gasteiger partial charge in [0.1, 0.15) is 22.9 Å². The highest BCUT2D eigenvalue weighted by Crippen LogP contribution is 2.32. The minimum Gasteiger partial charge on any atom is -0.508 e. The number of aromatic hydroxyl groups is 3. The predicted octanol–water partition coefficient (Wildman–Crippen LogP) is 4.77. The molecule has 0 radical (unpaired) electrons. The molecule has 0 fully saturated rings. The van der Waals surface area contributed by atoms with Gasteiger partial charge in [0, 0.05) is 23.7 Å². The number of aromatic nitrogens is 3. The quantitative estimate of drug-likeness (QED) is 0.398. The van der Waals surface area contributed by atoms with Crippen molar-refractivity contribution in [2.75, 3.05) is 0 Å². The maximum absolute atomic E-state index is 11.0. The summed E-state index contributed by atoms with van der Waals surface area (Å²) in [4.78, 5) is 9.54. The molecule has 0 atom stereocenters. The number of imidazole rings is 1. The summed E-state index contributed by atoms with van der Waals surface area (Å²) in [5, 5.41) is 30.1. The monoisotopic (exact) mass is 409 g/mol. The Hall–Kier alpha value is -4.32. The molecule has 31 heavy (non-hydrogen) atoms. The normalized spacial score (nSPS) is 11.1. The van der Waals surface area contributed by atoms with Crippen LogP contribution in [0.2, 0.25) is 0 Å². The Morgan fingerprint density at radius 2 is 1.32 bits per heavy atom. The first-order valence-corrected chi connectivity index (χ1v) is 9.82. The van der Waals surface area contributed by atoms with Gasteiger partial charge in [-0.25, -0.2) is 9.97 Å². The second-order valence-corrected chi connectivity index (χ2v) is 7.31. The number of fused-ring (bicyclic) bond motifs is 1. The molecule has 0 aliphatic carbocycles. The van der Waals surface area contributed by atoms with Crippen molar-refractivity contribution in [2.24, 2.45) is 0 Å². The van der Waals surface area contributed by atoms with Crippen molar-refractivity contribution < 1.29 is 15.3 Å². The van der Waals surface area contributed by atoms with E-state index in [4.69, 9.17) is 9.97 Å². The van der Waals surface area contributed by atoms with Crippen LogP contribution in [0.1, 0.15) is 11.3 Å². The highest BCUT2D eigenvalue weighted by atomic mass is 16.3. The molecule has 3 N–H and O–H groups in total. The van der Waals surface area contributed by atoms with E-state index in [-0.39, 0.29) is 17.4 Å². The minimum absolute atomic E-state index is 0.0442. The van der Waals surface area contributed by atoms with Crippen molar-refractivity contribution in [2.45, 2.75) is 6.42 Å². The van der Waals surface area contributed by atoms with Gasteiger partial charge in [0.05, 0.1) is 5.69 Å². The smallest absolute Gasteiger partial charge is 0.219 e. The predicted molar refractivity (Wildman–Crippen MR) is 118 cm³/mol. The molecule has 6 nitrogen and oxygen atoms in total. The summed E-state index contributed by atoms with van der Waals surface area (Å²) >= 11 is 0. The summed E-state index contributed by atoms with van der Waals surface area (Å²) in [6.07, 6.45) is 2.16. The molecule has 0 saturated heterocycles. The van der Waals surface area contributed by atoms with Crippen molar-refractivity contribution in [1.29, 1.82) is 0 Å². The van der Waals surface area contributed by atoms with Crippen LogP contribution in [0.5, 0.6) is 17.4 Å². The summed E-state index contributed by atoms with van der Waals surface area (Å²) in [5.41, 5.74) is 4.99. The molecular formula is C25H19N3O3. The highest BCUT2D eigenvalue weighted by molar-refractivity contribution is 5.78. The van der Waals surface area contributed by atoms with Gasteiger partial charge < -0.3 is 15.3 Å². The van der Waals surface area contributed by atoms with Crippen molar-refractivity contribution in [3.8, 4) is 39.9 Å². The van der Waals surface area contributed by atoms with E-state index in [0.29, 0.717) is 29.1 Å². The molecule has 0 saturated carbocycles. The number of benzene rings is 3. The first-order chi connectivity index (χ1) is 15.1. The van der Waals surface area contributed by atoms with Gasteiger partial charge in [-0.1, -0.05) is 42.5 Å². The van der Waals surface area contributed by atoms with Crippen LogP contribution >= 0.6 is 0 Å². The molecule has 2 heterocycles. The fraction of sp³-hybridized carbons (Fsp3) is 0.0400. The SMILES string of the molecule is Oc1ccc(Cc2nc3c(-c4ccccc4)nc(-c4ccc(O)cc4)cn3c2O)cc1. The Morgan fingerprint density at radius 3 is 2.00 bits per heavy atom. The third-order valence-corrected chi connectivity index (χ3v) is 5.17. The van der Waals surface area contributed by atoms with Crippen LogP contribution < -0.4 is 0 Å². The Bertz CT molecular complexity index is 1360. The highest BCUT2D eigenvalue weighted by Gasteiger charge is 2.18. The van der Waals surface area contributed by atoms with Crippen LogP contribution in [0.15, 0.2) is 85.1 Å². The zero-order chi connectivity index (χ0) is 21.4. The molecule has 0 amide bonds. The van der Waals surface area contributed by atoms with Crippen LogP contribution in [0.3, 0.4) is 0 Å². The van der Waals surface area contributed by atoms with Gasteiger partial charge in [-0.2, -0.15) is 0 Å². The largest absolute Gasteiger partial charge is 0.508 e. The van der Waals surface area contributed by atoms with Crippen LogP contribution in [0.4, 0.5) is 0 Å². The van der Waals surface area contributed by atoms with E-state index >= 15 is 0 Å². The van der Waals surface area contributed by atoms with E-state index in [2.05, 4.69) is 0 Å². The molecule has 0 aliphatic heterocycles. The lowest BCUT2D eigenvalue weighted by Gasteiger charge is -2.08. The van der Waals surface area contributed by atoms with Gasteiger partial charge in [0.2, 0.25) is 5.88 Å². The molecule has 0 unspecified atom stereocenters. The topological polar surface area (TPSA) is 90.9 Å². The molecule has 3 aromatic carbocycles. The lowest BCUT2D eigenvalue weighted by Crippen LogP contribution is -1.96. The van der Waals surface area contributed by atoms with Crippen LogP contribution in [-0.4, -0.2) is 29.7 Å². The second-order valence-electron chi connectivity index (χ2n) is 7.31. The molecule has 5 aromatic rings. The van der Waals surface area contributed by atoms with Crippen molar-refractivity contribution in [3.05, 3.63) is 96.3 Å². The molecule has 0 spiro atoms. The molecule has 2 aromatic heterocycles. The zero-order valence-electron chi connectivity index (χ0n) is 16.5. The average molecular weight is 409 g/mol. The van der Waals surface area contributed by atoms with E-state index in [1.807, 2.05) is 30.3 Å². The first kappa shape index (κ1) is 18.7. The van der Waals surface area contributed by atoms with E-state index in [1.165, 1.54) is 0 Å². The third kappa shape index (κ3) is 3.55. The summed E-state index contributed by atoms with van der Waals surface area (Å²) in [7, 11) is 0. The van der Waals surface area contributed by atoms with E-state index < -0.39 is 0 Å². The molecule has 0 bridgehead atoms. The minimum atomic E-state index is 0.0442. The van der Waals surface area contributed by atoms with Gasteiger partial charge in [0.25, 0.3) is 0 Å². The van der Waals surface area contributed by atoms with Crippen LogP contribution in [0.25, 0.3) is 28.2 Å². The number of rotatable bonds is 4. The number of hydrogen-bond donors (Lipinski definition) is 3. The van der Waals surface area contributed by atoms with Gasteiger partial charge >= 0.3 is 0 Å². The number of phenolic OH excluding ortho intramolecular Hbond substituents is 2. The van der Waals surface area contributed by atoms with Gasteiger partial charge in [-0.15, -0.1) is 0 Å². The van der Waals surface area contributed by atoms with Crippen molar-refractivity contribution in [1.82, 2.24) is 14.4 Å². The molecule has 6 heteroatoms. The van der Waals surface area contributed by atoms with Gasteiger partial charge in [-0.05, 0) is 42.0 Å². The van der Waals surface area contributed by atoms with Crippen LogP contribution in [-0.2, 0) is 6.42 Å². The number of nitrogens with zero attached hydrogens (tertiary/aromatic N) is 3. The first-order valence-electron chi connectivity index (χ1n) is 9.82. The second kappa shape index (κ2) is 7.50. The Kier molecular flexibility index (Phi) is 4.52. The third-order valence-electron chi connectivity index (χ3n) is 5.17. The van der Waals surface area contributed by atoms with E-state index in [0.717, 1.165) is 16.7 Å². The molecule has 152 valence electrons. The lowest BCUT2D eigenvalue weighted by atomic mass is 10.1.